The van der Waals surface area contributed by atoms with E-state index in [1.807, 2.05) is 0 Å². The number of imide groups is 1. The number of carbonyl (C=O) groups excluding carboxylic acids is 3. The molecule has 1 rings (SSSR count). The predicted octanol–water partition coefficient (Wildman–Crippen LogP) is 0.562. The van der Waals surface area contributed by atoms with Gasteiger partial charge >= 0.3 is 12.0 Å². The van der Waals surface area contributed by atoms with Crippen LogP contribution in [0.3, 0.4) is 0 Å². The number of nitrogens with one attached hydrogen (secondary N) is 2. The fraction of sp³-hybridized carbons (Fsp3) is 0.462. The second-order valence-corrected chi connectivity index (χ2v) is 5.59. The van der Waals surface area contributed by atoms with Gasteiger partial charge in [0.15, 0.2) is 5.16 Å². The average Bonchev–Trinajstić information content (AvgIpc) is 2.47. The molecule has 0 saturated heterocycles. The van der Waals surface area contributed by atoms with Gasteiger partial charge in [-0.3, -0.25) is 10.1 Å². The van der Waals surface area contributed by atoms with Gasteiger partial charge in [0, 0.05) is 12.7 Å². The number of nitrogens with zero attached hydrogens (tertiary/aromatic N) is 2. The Labute approximate surface area is 137 Å². The first kappa shape index (κ1) is 18.7. The fourth-order valence-electron chi connectivity index (χ4n) is 1.43. The fourth-order valence-corrected chi connectivity index (χ4v) is 2.18. The summed E-state index contributed by atoms with van der Waals surface area (Å²) in [6, 6.07) is -0.567. The van der Waals surface area contributed by atoms with E-state index in [9.17, 15) is 14.4 Å². The summed E-state index contributed by atoms with van der Waals surface area (Å²) >= 11 is 1.01. The van der Waals surface area contributed by atoms with E-state index in [1.165, 1.54) is 6.20 Å². The van der Waals surface area contributed by atoms with Gasteiger partial charge in [-0.1, -0.05) is 11.8 Å². The van der Waals surface area contributed by atoms with E-state index in [4.69, 9.17) is 10.5 Å². The molecule has 0 fully saturated rings. The topological polar surface area (TPSA) is 136 Å². The number of carbonyl (C=O) groups is 3. The molecule has 23 heavy (non-hydrogen) atoms. The van der Waals surface area contributed by atoms with Gasteiger partial charge in [0.1, 0.15) is 11.4 Å². The molecule has 0 aliphatic heterocycles. The summed E-state index contributed by atoms with van der Waals surface area (Å²) in [5.41, 5.74) is 5.76. The number of nitrogen functional groups attached to an aromatic ring is 1. The van der Waals surface area contributed by atoms with Gasteiger partial charge in [-0.15, -0.1) is 0 Å². The first-order valence-electron chi connectivity index (χ1n) is 6.94. The SMILES string of the molecule is CCNC(=O)NC(=O)C(C)Sc1ncc(C(=O)OCC)c(N)n1. The molecule has 10 heteroatoms. The zero-order valence-electron chi connectivity index (χ0n) is 13.1. The second-order valence-electron chi connectivity index (χ2n) is 4.28. The Morgan fingerprint density at radius 2 is 2.09 bits per heavy atom. The summed E-state index contributed by atoms with van der Waals surface area (Å²) in [4.78, 5) is 42.6. The number of nitrogens with two attached hydrogens (primary N) is 1. The van der Waals surface area contributed by atoms with E-state index in [-0.39, 0.29) is 23.1 Å². The van der Waals surface area contributed by atoms with Crippen molar-refractivity contribution < 1.29 is 19.1 Å². The molecule has 9 nitrogen and oxygen atoms in total. The lowest BCUT2D eigenvalue weighted by Gasteiger charge is -2.11. The molecule has 4 N–H and O–H groups in total. The van der Waals surface area contributed by atoms with E-state index in [0.29, 0.717) is 6.54 Å². The lowest BCUT2D eigenvalue weighted by atomic mass is 10.3. The van der Waals surface area contributed by atoms with Crippen molar-refractivity contribution >= 4 is 35.5 Å². The van der Waals surface area contributed by atoms with Gasteiger partial charge < -0.3 is 15.8 Å². The van der Waals surface area contributed by atoms with Crippen LogP contribution in [-0.2, 0) is 9.53 Å². The lowest BCUT2D eigenvalue weighted by Crippen LogP contribution is -2.42. The molecular weight excluding hydrogens is 322 g/mol. The summed E-state index contributed by atoms with van der Waals surface area (Å²) in [5.74, 6) is -1.13. The van der Waals surface area contributed by atoms with Crippen LogP contribution in [0.2, 0.25) is 0 Å². The highest BCUT2D eigenvalue weighted by molar-refractivity contribution is 8.00. The van der Waals surface area contributed by atoms with Crippen LogP contribution >= 0.6 is 11.8 Å². The number of hydrogen-bond donors (Lipinski definition) is 3. The number of ether oxygens (including phenoxy) is 1. The van der Waals surface area contributed by atoms with Gasteiger partial charge in [-0.05, 0) is 20.8 Å². The molecule has 126 valence electrons. The van der Waals surface area contributed by atoms with Crippen molar-refractivity contribution in [3.8, 4) is 0 Å². The zero-order chi connectivity index (χ0) is 17.4. The van der Waals surface area contributed by atoms with Crippen LogP contribution in [0, 0.1) is 0 Å². The number of aromatic nitrogens is 2. The van der Waals surface area contributed by atoms with Crippen molar-refractivity contribution in [1.29, 1.82) is 0 Å². The number of rotatable bonds is 6. The van der Waals surface area contributed by atoms with E-state index in [1.54, 1.807) is 20.8 Å². The van der Waals surface area contributed by atoms with Gasteiger partial charge in [0.05, 0.1) is 11.9 Å². The van der Waals surface area contributed by atoms with Crippen LogP contribution in [0.15, 0.2) is 11.4 Å². The number of urea groups is 1. The molecular formula is C13H19N5O4S. The molecule has 0 aliphatic rings. The number of amides is 3. The van der Waals surface area contributed by atoms with E-state index >= 15 is 0 Å². The molecule has 0 bridgehead atoms. The Bertz CT molecular complexity index is 596. The van der Waals surface area contributed by atoms with Crippen LogP contribution in [0.5, 0.6) is 0 Å². The molecule has 1 heterocycles. The number of thioether (sulfide) groups is 1. The molecule has 1 aromatic rings. The van der Waals surface area contributed by atoms with E-state index < -0.39 is 23.2 Å². The minimum atomic E-state index is -0.620. The second kappa shape index (κ2) is 8.93. The Hall–Kier alpha value is -2.36. The molecule has 0 spiro atoms. The standard InChI is InChI=1S/C13H19N5O4S/c1-4-15-12(21)18-10(19)7(3)23-13-16-6-8(9(14)17-13)11(20)22-5-2/h6-7H,4-5H2,1-3H3,(H2,14,16,17)(H2,15,18,19,21). The van der Waals surface area contributed by atoms with Gasteiger partial charge in [-0.2, -0.15) is 0 Å². The van der Waals surface area contributed by atoms with Gasteiger partial charge in [0.25, 0.3) is 0 Å². The Morgan fingerprint density at radius 1 is 1.39 bits per heavy atom. The molecule has 1 unspecified atom stereocenters. The van der Waals surface area contributed by atoms with Crippen molar-refractivity contribution in [1.82, 2.24) is 20.6 Å². The Balaban J connectivity index is 2.70. The third-order valence-electron chi connectivity index (χ3n) is 2.52. The molecule has 1 atom stereocenters. The van der Waals surface area contributed by atoms with Crippen molar-refractivity contribution in [2.45, 2.75) is 31.2 Å². The van der Waals surface area contributed by atoms with Crippen molar-refractivity contribution in [2.75, 3.05) is 18.9 Å². The average molecular weight is 341 g/mol. The van der Waals surface area contributed by atoms with Crippen LogP contribution in [0.25, 0.3) is 0 Å². The first-order chi connectivity index (χ1) is 10.9. The lowest BCUT2D eigenvalue weighted by molar-refractivity contribution is -0.119. The van der Waals surface area contributed by atoms with Crippen LogP contribution in [0.1, 0.15) is 31.1 Å². The van der Waals surface area contributed by atoms with Gasteiger partial charge in [-0.25, -0.2) is 19.6 Å². The molecule has 3 amide bonds. The quantitative estimate of drug-likeness (QED) is 0.388. The van der Waals surface area contributed by atoms with Crippen molar-refractivity contribution in [2.24, 2.45) is 0 Å². The van der Waals surface area contributed by atoms with Crippen LogP contribution in [-0.4, -0.2) is 46.3 Å². The first-order valence-corrected chi connectivity index (χ1v) is 7.81. The number of hydrogen-bond acceptors (Lipinski definition) is 8. The maximum atomic E-state index is 11.8. The van der Waals surface area contributed by atoms with Crippen molar-refractivity contribution in [3.63, 3.8) is 0 Å². The maximum absolute atomic E-state index is 11.8. The van der Waals surface area contributed by atoms with Gasteiger partial charge in [0.2, 0.25) is 5.91 Å². The smallest absolute Gasteiger partial charge is 0.343 e. The third kappa shape index (κ3) is 5.74. The highest BCUT2D eigenvalue weighted by Crippen LogP contribution is 2.21. The summed E-state index contributed by atoms with van der Waals surface area (Å²) in [5, 5.41) is 4.24. The monoisotopic (exact) mass is 341 g/mol. The molecule has 1 aromatic heterocycles. The summed E-state index contributed by atoms with van der Waals surface area (Å²) in [7, 11) is 0. The molecule has 0 aromatic carbocycles. The summed E-state index contributed by atoms with van der Waals surface area (Å²) in [6.07, 6.45) is 1.25. The van der Waals surface area contributed by atoms with Crippen molar-refractivity contribution in [3.05, 3.63) is 11.8 Å². The van der Waals surface area contributed by atoms with Crippen LogP contribution in [0.4, 0.5) is 10.6 Å². The summed E-state index contributed by atoms with van der Waals surface area (Å²) < 4.78 is 4.82. The molecule has 0 radical (unpaired) electrons. The number of esters is 1. The minimum Gasteiger partial charge on any atom is -0.462 e. The van der Waals surface area contributed by atoms with E-state index in [0.717, 1.165) is 11.8 Å². The predicted molar refractivity (Wildman–Crippen MR) is 84.9 cm³/mol. The highest BCUT2D eigenvalue weighted by atomic mass is 32.2. The minimum absolute atomic E-state index is 0.0303. The Kier molecular flexibility index (Phi) is 7.26. The molecule has 0 aliphatic carbocycles. The summed E-state index contributed by atoms with van der Waals surface area (Å²) in [6.45, 7) is 5.64. The highest BCUT2D eigenvalue weighted by Gasteiger charge is 2.20. The molecule has 0 saturated carbocycles. The van der Waals surface area contributed by atoms with Crippen LogP contribution < -0.4 is 16.4 Å². The Morgan fingerprint density at radius 3 is 2.65 bits per heavy atom. The van der Waals surface area contributed by atoms with E-state index in [2.05, 4.69) is 20.6 Å². The normalized spacial score (nSPS) is 11.4. The zero-order valence-corrected chi connectivity index (χ0v) is 13.9. The maximum Gasteiger partial charge on any atom is 0.343 e. The number of anilines is 1. The largest absolute Gasteiger partial charge is 0.462 e. The third-order valence-corrected chi connectivity index (χ3v) is 3.49.